The number of amides is 3. The number of carbonyl (C=O) groups excluding carboxylic acids is 3. The molecule has 9 nitrogen and oxygen atoms in total. The van der Waals surface area contributed by atoms with Gasteiger partial charge in [0, 0.05) is 5.75 Å². The Kier molecular flexibility index (Phi) is 11.3. The Bertz CT molecular complexity index is 492. The summed E-state index contributed by atoms with van der Waals surface area (Å²) < 4.78 is 0. The van der Waals surface area contributed by atoms with Crippen LogP contribution in [0.5, 0.6) is 0 Å². The molecule has 0 radical (unpaired) electrons. The second-order valence-corrected chi connectivity index (χ2v) is 6.78. The number of thiol groups is 1. The van der Waals surface area contributed by atoms with E-state index in [9.17, 15) is 19.2 Å². The molecular weight excluding hydrogens is 368 g/mol. The maximum absolute atomic E-state index is 12.0. The molecule has 144 valence electrons. The zero-order valence-electron chi connectivity index (χ0n) is 14.4. The van der Waals surface area contributed by atoms with Crippen molar-refractivity contribution in [3.05, 3.63) is 0 Å². The van der Waals surface area contributed by atoms with E-state index in [1.165, 1.54) is 13.8 Å². The molecule has 11 heteroatoms. The van der Waals surface area contributed by atoms with E-state index in [1.54, 1.807) is 11.8 Å². The number of thioether (sulfide) groups is 1. The van der Waals surface area contributed by atoms with Gasteiger partial charge in [-0.25, -0.2) is 4.79 Å². The van der Waals surface area contributed by atoms with Crippen molar-refractivity contribution in [1.82, 2.24) is 16.0 Å². The first-order valence-electron chi connectivity index (χ1n) is 7.63. The number of aliphatic carboxylic acids is 1. The van der Waals surface area contributed by atoms with Gasteiger partial charge in [-0.3, -0.25) is 14.4 Å². The molecule has 3 amide bonds. The molecule has 0 aromatic heterocycles. The van der Waals surface area contributed by atoms with Crippen LogP contribution >= 0.6 is 24.4 Å². The van der Waals surface area contributed by atoms with E-state index >= 15 is 0 Å². The maximum atomic E-state index is 12.0. The highest BCUT2D eigenvalue weighted by Gasteiger charge is 2.25. The molecule has 6 N–H and O–H groups in total. The van der Waals surface area contributed by atoms with Gasteiger partial charge < -0.3 is 26.8 Å². The van der Waals surface area contributed by atoms with Crippen molar-refractivity contribution in [2.45, 2.75) is 44.4 Å². The summed E-state index contributed by atoms with van der Waals surface area (Å²) >= 11 is 5.40. The molecule has 0 spiro atoms. The zero-order chi connectivity index (χ0) is 19.6. The van der Waals surface area contributed by atoms with Crippen molar-refractivity contribution in [2.24, 2.45) is 5.73 Å². The van der Waals surface area contributed by atoms with Crippen LogP contribution < -0.4 is 21.7 Å². The first-order chi connectivity index (χ1) is 11.6. The van der Waals surface area contributed by atoms with E-state index in [2.05, 4.69) is 28.6 Å². The molecule has 0 aromatic carbocycles. The number of rotatable bonds is 11. The molecule has 25 heavy (non-hydrogen) atoms. The van der Waals surface area contributed by atoms with Gasteiger partial charge in [0.05, 0.1) is 6.04 Å². The maximum Gasteiger partial charge on any atom is 0.327 e. The van der Waals surface area contributed by atoms with Gasteiger partial charge in [-0.1, -0.05) is 0 Å². The van der Waals surface area contributed by atoms with Crippen molar-refractivity contribution in [3.8, 4) is 0 Å². The summed E-state index contributed by atoms with van der Waals surface area (Å²) in [6, 6.07) is -3.72. The number of carboxylic acids is 1. The summed E-state index contributed by atoms with van der Waals surface area (Å²) in [6.07, 6.45) is 2.39. The Balaban J connectivity index is 4.48. The quantitative estimate of drug-likeness (QED) is 0.235. The lowest BCUT2D eigenvalue weighted by atomic mass is 10.2. The summed E-state index contributed by atoms with van der Waals surface area (Å²) in [5, 5.41) is 16.0. The molecule has 4 unspecified atom stereocenters. The van der Waals surface area contributed by atoms with Crippen LogP contribution in [0.4, 0.5) is 0 Å². The average Bonchev–Trinajstić information content (AvgIpc) is 2.56. The summed E-state index contributed by atoms with van der Waals surface area (Å²) in [6.45, 7) is 2.87. The van der Waals surface area contributed by atoms with Crippen LogP contribution in [0.1, 0.15) is 20.3 Å². The van der Waals surface area contributed by atoms with E-state index < -0.39 is 47.9 Å². The molecule has 0 aliphatic heterocycles. The van der Waals surface area contributed by atoms with E-state index in [1.807, 2.05) is 6.26 Å². The molecule has 0 aliphatic carbocycles. The highest BCUT2D eigenvalue weighted by atomic mass is 32.2. The fraction of sp³-hybridized carbons (Fsp3) is 0.714. The Morgan fingerprint density at radius 1 is 1.04 bits per heavy atom. The fourth-order valence-electron chi connectivity index (χ4n) is 1.65. The number of hydrogen-bond acceptors (Lipinski definition) is 7. The number of nitrogens with one attached hydrogen (secondary N) is 3. The first-order valence-corrected chi connectivity index (χ1v) is 9.65. The van der Waals surface area contributed by atoms with Crippen molar-refractivity contribution < 1.29 is 24.3 Å². The zero-order valence-corrected chi connectivity index (χ0v) is 16.2. The van der Waals surface area contributed by atoms with Crippen molar-refractivity contribution in [2.75, 3.05) is 17.8 Å². The van der Waals surface area contributed by atoms with E-state index in [4.69, 9.17) is 10.8 Å². The summed E-state index contributed by atoms with van der Waals surface area (Å²) in [5.74, 6) is -2.27. The number of carboxylic acid groups (broad SMARTS) is 1. The van der Waals surface area contributed by atoms with Gasteiger partial charge in [0.2, 0.25) is 17.7 Å². The number of carbonyl (C=O) groups is 4. The highest BCUT2D eigenvalue weighted by molar-refractivity contribution is 7.98. The molecule has 0 rings (SSSR count). The third-order valence-corrected chi connectivity index (χ3v) is 4.28. The van der Waals surface area contributed by atoms with Gasteiger partial charge in [0.25, 0.3) is 0 Å². The van der Waals surface area contributed by atoms with Crippen molar-refractivity contribution in [1.29, 1.82) is 0 Å². The molecule has 0 saturated heterocycles. The van der Waals surface area contributed by atoms with Gasteiger partial charge in [-0.15, -0.1) is 0 Å². The Morgan fingerprint density at radius 2 is 1.52 bits per heavy atom. The van der Waals surface area contributed by atoms with Gasteiger partial charge in [0.15, 0.2) is 0 Å². The Morgan fingerprint density at radius 3 is 1.96 bits per heavy atom. The summed E-state index contributed by atoms with van der Waals surface area (Å²) in [4.78, 5) is 46.7. The number of nitrogens with two attached hydrogens (primary N) is 1. The van der Waals surface area contributed by atoms with Crippen LogP contribution in [0.25, 0.3) is 0 Å². The van der Waals surface area contributed by atoms with Gasteiger partial charge in [-0.05, 0) is 32.3 Å². The highest BCUT2D eigenvalue weighted by Crippen LogP contribution is 1.99. The Hall–Kier alpha value is -1.46. The van der Waals surface area contributed by atoms with Crippen LogP contribution in [0.2, 0.25) is 0 Å². The summed E-state index contributed by atoms with van der Waals surface area (Å²) in [5.41, 5.74) is 5.72. The Labute approximate surface area is 156 Å². The van der Waals surface area contributed by atoms with Crippen molar-refractivity contribution in [3.63, 3.8) is 0 Å². The molecule has 0 aromatic rings. The lowest BCUT2D eigenvalue weighted by molar-refractivity contribution is -0.141. The molecule has 0 fully saturated rings. The molecule has 0 aliphatic rings. The second kappa shape index (κ2) is 12.0. The topological polar surface area (TPSA) is 151 Å². The summed E-state index contributed by atoms with van der Waals surface area (Å²) in [7, 11) is 0. The van der Waals surface area contributed by atoms with Crippen molar-refractivity contribution >= 4 is 48.1 Å². The van der Waals surface area contributed by atoms with E-state index in [0.29, 0.717) is 6.42 Å². The van der Waals surface area contributed by atoms with E-state index in [0.717, 1.165) is 5.75 Å². The predicted molar refractivity (Wildman–Crippen MR) is 99.6 cm³/mol. The van der Waals surface area contributed by atoms with E-state index in [-0.39, 0.29) is 5.75 Å². The smallest absolute Gasteiger partial charge is 0.327 e. The number of hydrogen-bond donors (Lipinski definition) is 6. The standard InChI is InChI=1S/C14H26N4O5S2/c1-7(17-13(21)9(15)4-5-25-3)11(19)16-8(2)12(20)18-10(6-24)14(22)23/h7-10,24H,4-6,15H2,1-3H3,(H,16,19)(H,17,21)(H,18,20)(H,22,23). The monoisotopic (exact) mass is 394 g/mol. The normalized spacial score (nSPS) is 15.4. The largest absolute Gasteiger partial charge is 0.480 e. The molecule has 0 bridgehead atoms. The lowest BCUT2D eigenvalue weighted by Gasteiger charge is -2.21. The fourth-order valence-corrected chi connectivity index (χ4v) is 2.39. The van der Waals surface area contributed by atoms with Gasteiger partial charge >= 0.3 is 5.97 Å². The molecule has 4 atom stereocenters. The SMILES string of the molecule is CSCCC(N)C(=O)NC(C)C(=O)NC(C)C(=O)NC(CS)C(=O)O. The minimum atomic E-state index is -1.22. The molecule has 0 saturated carbocycles. The van der Waals surface area contributed by atoms with Crippen LogP contribution in [-0.4, -0.2) is 70.7 Å². The van der Waals surface area contributed by atoms with Crippen LogP contribution in [0.15, 0.2) is 0 Å². The van der Waals surface area contributed by atoms with Gasteiger partial charge in [0.1, 0.15) is 18.1 Å². The minimum Gasteiger partial charge on any atom is -0.480 e. The lowest BCUT2D eigenvalue weighted by Crippen LogP contribution is -2.55. The van der Waals surface area contributed by atoms with Crippen LogP contribution in [-0.2, 0) is 19.2 Å². The van der Waals surface area contributed by atoms with Crippen LogP contribution in [0.3, 0.4) is 0 Å². The second-order valence-electron chi connectivity index (χ2n) is 5.43. The first kappa shape index (κ1) is 23.5. The average molecular weight is 395 g/mol. The third kappa shape index (κ3) is 8.98. The predicted octanol–water partition coefficient (Wildman–Crippen LogP) is -1.42. The third-order valence-electron chi connectivity index (χ3n) is 3.27. The van der Waals surface area contributed by atoms with Gasteiger partial charge in [-0.2, -0.15) is 24.4 Å². The minimum absolute atomic E-state index is 0.0812. The van der Waals surface area contributed by atoms with Crippen LogP contribution in [0, 0.1) is 0 Å². The molecular formula is C14H26N4O5S2. The molecule has 0 heterocycles.